The lowest BCUT2D eigenvalue weighted by Gasteiger charge is -2.27. The quantitative estimate of drug-likeness (QED) is 0.814. The highest BCUT2D eigenvalue weighted by Crippen LogP contribution is 2.30. The molecule has 4 heteroatoms. The predicted molar refractivity (Wildman–Crippen MR) is 69.1 cm³/mol. The van der Waals surface area contributed by atoms with Gasteiger partial charge >= 0.3 is 0 Å². The second-order valence-corrected chi connectivity index (χ2v) is 5.30. The Bertz CT molecular complexity index is 361. The standard InChI is InChI=1S/C12H20ClN3/c1-6-12(4,5)16-11-9(8(2)3)10(13)14-7-15-11/h7-8H,6H2,1-5H3,(H,14,15,16). The topological polar surface area (TPSA) is 37.8 Å². The molecule has 0 spiro atoms. The van der Waals surface area contributed by atoms with Crippen molar-refractivity contribution >= 4 is 17.4 Å². The summed E-state index contributed by atoms with van der Waals surface area (Å²) in [5, 5.41) is 3.96. The van der Waals surface area contributed by atoms with E-state index in [0.29, 0.717) is 11.1 Å². The third kappa shape index (κ3) is 3.08. The van der Waals surface area contributed by atoms with Crippen LogP contribution in [0.4, 0.5) is 5.82 Å². The largest absolute Gasteiger partial charge is 0.365 e. The lowest BCUT2D eigenvalue weighted by molar-refractivity contribution is 0.543. The van der Waals surface area contributed by atoms with Crippen LogP contribution in [0.2, 0.25) is 5.15 Å². The maximum Gasteiger partial charge on any atom is 0.138 e. The SMILES string of the molecule is CCC(C)(C)Nc1ncnc(Cl)c1C(C)C. The maximum absolute atomic E-state index is 6.11. The molecule has 1 N–H and O–H groups in total. The van der Waals surface area contributed by atoms with Crippen molar-refractivity contribution in [3.05, 3.63) is 17.0 Å². The second kappa shape index (κ2) is 5.00. The van der Waals surface area contributed by atoms with Crippen LogP contribution < -0.4 is 5.32 Å². The summed E-state index contributed by atoms with van der Waals surface area (Å²) >= 11 is 6.11. The molecule has 0 amide bonds. The van der Waals surface area contributed by atoms with Gasteiger partial charge in [0.05, 0.1) is 0 Å². The molecule has 0 saturated carbocycles. The van der Waals surface area contributed by atoms with E-state index in [2.05, 4.69) is 49.9 Å². The van der Waals surface area contributed by atoms with Gasteiger partial charge in [0.2, 0.25) is 0 Å². The minimum absolute atomic E-state index is 0.0152. The lowest BCUT2D eigenvalue weighted by Crippen LogP contribution is -2.31. The zero-order chi connectivity index (χ0) is 12.3. The van der Waals surface area contributed by atoms with Gasteiger partial charge in [-0.1, -0.05) is 32.4 Å². The van der Waals surface area contributed by atoms with Crippen LogP contribution in [0.15, 0.2) is 6.33 Å². The molecular formula is C12H20ClN3. The smallest absolute Gasteiger partial charge is 0.138 e. The number of nitrogens with zero attached hydrogens (tertiary/aromatic N) is 2. The first-order valence-electron chi connectivity index (χ1n) is 5.66. The van der Waals surface area contributed by atoms with E-state index in [4.69, 9.17) is 11.6 Å². The van der Waals surface area contributed by atoms with Crippen LogP contribution >= 0.6 is 11.6 Å². The third-order valence-electron chi connectivity index (χ3n) is 2.75. The first kappa shape index (κ1) is 13.2. The fraction of sp³-hybridized carbons (Fsp3) is 0.667. The molecule has 0 aliphatic heterocycles. The Kier molecular flexibility index (Phi) is 4.14. The molecule has 0 saturated heterocycles. The Morgan fingerprint density at radius 3 is 2.50 bits per heavy atom. The molecule has 0 aromatic carbocycles. The fourth-order valence-electron chi connectivity index (χ4n) is 1.39. The second-order valence-electron chi connectivity index (χ2n) is 4.94. The number of aromatic nitrogens is 2. The van der Waals surface area contributed by atoms with Crippen molar-refractivity contribution in [1.29, 1.82) is 0 Å². The van der Waals surface area contributed by atoms with Gasteiger partial charge in [-0.05, 0) is 26.2 Å². The highest BCUT2D eigenvalue weighted by atomic mass is 35.5. The Labute approximate surface area is 103 Å². The van der Waals surface area contributed by atoms with Gasteiger partial charge < -0.3 is 5.32 Å². The molecule has 1 aromatic rings. The summed E-state index contributed by atoms with van der Waals surface area (Å²) in [5.74, 6) is 1.16. The number of halogens is 1. The van der Waals surface area contributed by atoms with Crippen LogP contribution in [0.5, 0.6) is 0 Å². The summed E-state index contributed by atoms with van der Waals surface area (Å²) in [6, 6.07) is 0. The molecule has 0 aliphatic carbocycles. The average molecular weight is 242 g/mol. The zero-order valence-corrected chi connectivity index (χ0v) is 11.4. The summed E-state index contributed by atoms with van der Waals surface area (Å²) in [5.41, 5.74) is 1.01. The van der Waals surface area contributed by atoms with Gasteiger partial charge in [-0.25, -0.2) is 9.97 Å². The number of anilines is 1. The number of hydrogen-bond acceptors (Lipinski definition) is 3. The zero-order valence-electron chi connectivity index (χ0n) is 10.6. The third-order valence-corrected chi connectivity index (χ3v) is 3.05. The van der Waals surface area contributed by atoms with E-state index in [9.17, 15) is 0 Å². The van der Waals surface area contributed by atoms with E-state index in [-0.39, 0.29) is 5.54 Å². The highest BCUT2D eigenvalue weighted by molar-refractivity contribution is 6.30. The van der Waals surface area contributed by atoms with Gasteiger partial charge in [0, 0.05) is 11.1 Å². The van der Waals surface area contributed by atoms with Gasteiger partial charge in [0.15, 0.2) is 0 Å². The number of hydrogen-bond donors (Lipinski definition) is 1. The van der Waals surface area contributed by atoms with Crippen LogP contribution in [0.3, 0.4) is 0 Å². The fourth-order valence-corrected chi connectivity index (χ4v) is 1.75. The molecule has 0 radical (unpaired) electrons. The van der Waals surface area contributed by atoms with Crippen LogP contribution in [0, 0.1) is 0 Å². The molecule has 1 rings (SSSR count). The van der Waals surface area contributed by atoms with Gasteiger partial charge in [-0.2, -0.15) is 0 Å². The Hall–Kier alpha value is -0.830. The van der Waals surface area contributed by atoms with Crippen molar-refractivity contribution < 1.29 is 0 Å². The van der Waals surface area contributed by atoms with Crippen molar-refractivity contribution in [2.75, 3.05) is 5.32 Å². The summed E-state index contributed by atoms with van der Waals surface area (Å²) < 4.78 is 0. The first-order valence-corrected chi connectivity index (χ1v) is 6.03. The molecule has 0 bridgehead atoms. The normalized spacial score (nSPS) is 11.9. The monoisotopic (exact) mass is 241 g/mol. The maximum atomic E-state index is 6.11. The molecule has 0 atom stereocenters. The molecule has 1 heterocycles. The molecule has 90 valence electrons. The van der Waals surface area contributed by atoms with Gasteiger partial charge in [-0.15, -0.1) is 0 Å². The average Bonchev–Trinajstić information content (AvgIpc) is 2.16. The Balaban J connectivity index is 3.09. The van der Waals surface area contributed by atoms with E-state index in [1.165, 1.54) is 6.33 Å². The van der Waals surface area contributed by atoms with Gasteiger partial charge in [-0.3, -0.25) is 0 Å². The van der Waals surface area contributed by atoms with Crippen molar-refractivity contribution in [3.63, 3.8) is 0 Å². The van der Waals surface area contributed by atoms with E-state index in [0.717, 1.165) is 17.8 Å². The van der Waals surface area contributed by atoms with Gasteiger partial charge in [0.1, 0.15) is 17.3 Å². The van der Waals surface area contributed by atoms with E-state index in [1.807, 2.05) is 0 Å². The summed E-state index contributed by atoms with van der Waals surface area (Å²) in [6.07, 6.45) is 2.52. The van der Waals surface area contributed by atoms with Crippen molar-refractivity contribution in [2.24, 2.45) is 0 Å². The van der Waals surface area contributed by atoms with Crippen molar-refractivity contribution in [1.82, 2.24) is 9.97 Å². The highest BCUT2D eigenvalue weighted by Gasteiger charge is 2.20. The van der Waals surface area contributed by atoms with E-state index >= 15 is 0 Å². The van der Waals surface area contributed by atoms with Crippen molar-refractivity contribution in [3.8, 4) is 0 Å². The van der Waals surface area contributed by atoms with Crippen LogP contribution in [0.25, 0.3) is 0 Å². The number of rotatable bonds is 4. The molecule has 0 unspecified atom stereocenters. The summed E-state index contributed by atoms with van der Waals surface area (Å²) in [4.78, 5) is 8.32. The minimum atomic E-state index is 0.0152. The molecule has 0 aliphatic rings. The van der Waals surface area contributed by atoms with Crippen LogP contribution in [-0.2, 0) is 0 Å². The van der Waals surface area contributed by atoms with E-state index < -0.39 is 0 Å². The summed E-state index contributed by atoms with van der Waals surface area (Å²) in [6.45, 7) is 10.6. The summed E-state index contributed by atoms with van der Waals surface area (Å²) in [7, 11) is 0. The van der Waals surface area contributed by atoms with E-state index in [1.54, 1.807) is 0 Å². The van der Waals surface area contributed by atoms with Crippen LogP contribution in [0.1, 0.15) is 52.5 Å². The molecule has 3 nitrogen and oxygen atoms in total. The molecule has 16 heavy (non-hydrogen) atoms. The molecular weight excluding hydrogens is 222 g/mol. The predicted octanol–water partition coefficient (Wildman–Crippen LogP) is 3.85. The van der Waals surface area contributed by atoms with Gasteiger partial charge in [0.25, 0.3) is 0 Å². The Morgan fingerprint density at radius 1 is 1.38 bits per heavy atom. The minimum Gasteiger partial charge on any atom is -0.365 e. The first-order chi connectivity index (χ1) is 7.37. The lowest BCUT2D eigenvalue weighted by atomic mass is 10.00. The van der Waals surface area contributed by atoms with Crippen molar-refractivity contribution in [2.45, 2.75) is 52.5 Å². The molecule has 0 fully saturated rings. The molecule has 1 aromatic heterocycles. The van der Waals surface area contributed by atoms with Crippen LogP contribution in [-0.4, -0.2) is 15.5 Å². The Morgan fingerprint density at radius 2 is 2.00 bits per heavy atom. The number of nitrogens with one attached hydrogen (secondary N) is 1.